The molecule has 1 fully saturated rings. The van der Waals surface area contributed by atoms with Gasteiger partial charge >= 0.3 is 0 Å². The summed E-state index contributed by atoms with van der Waals surface area (Å²) in [4.78, 5) is 14.8. The van der Waals surface area contributed by atoms with Gasteiger partial charge in [0.2, 0.25) is 0 Å². The Kier molecular flexibility index (Phi) is 5.49. The van der Waals surface area contributed by atoms with E-state index in [4.69, 9.17) is 4.74 Å². The molecule has 0 spiro atoms. The molecule has 1 saturated heterocycles. The molecule has 2 aromatic carbocycles. The summed E-state index contributed by atoms with van der Waals surface area (Å²) in [6.45, 7) is 3.94. The van der Waals surface area contributed by atoms with E-state index < -0.39 is 0 Å². The molecule has 132 valence electrons. The molecule has 1 heterocycles. The monoisotopic (exact) mass is 341 g/mol. The number of nitrogens with zero attached hydrogens (tertiary/aromatic N) is 1. The molecular formula is C21H24FNO2. The average molecular weight is 341 g/mol. The van der Waals surface area contributed by atoms with E-state index in [1.165, 1.54) is 0 Å². The Morgan fingerprint density at radius 3 is 2.84 bits per heavy atom. The van der Waals surface area contributed by atoms with E-state index in [2.05, 4.69) is 0 Å². The van der Waals surface area contributed by atoms with Gasteiger partial charge in [0.1, 0.15) is 5.82 Å². The first-order valence-electron chi connectivity index (χ1n) is 8.69. The van der Waals surface area contributed by atoms with Crippen LogP contribution in [-0.2, 0) is 11.2 Å². The third-order valence-corrected chi connectivity index (χ3v) is 4.85. The fourth-order valence-corrected chi connectivity index (χ4v) is 3.41. The highest BCUT2D eigenvalue weighted by Gasteiger charge is 2.27. The number of hydrogen-bond donors (Lipinski definition) is 0. The summed E-state index contributed by atoms with van der Waals surface area (Å²) >= 11 is 0. The van der Waals surface area contributed by atoms with Crippen LogP contribution >= 0.6 is 0 Å². The highest BCUT2D eigenvalue weighted by Crippen LogP contribution is 2.22. The minimum atomic E-state index is -0.205. The molecule has 1 aliphatic heterocycles. The third-order valence-electron chi connectivity index (χ3n) is 4.85. The van der Waals surface area contributed by atoms with Crippen LogP contribution in [0.4, 0.5) is 4.39 Å². The normalized spacial score (nSPS) is 17.1. The molecule has 0 saturated carbocycles. The lowest BCUT2D eigenvalue weighted by Crippen LogP contribution is -2.30. The number of carbonyl (C=O) groups is 1. The van der Waals surface area contributed by atoms with E-state index in [1.807, 2.05) is 35.2 Å². The van der Waals surface area contributed by atoms with Gasteiger partial charge in [-0.1, -0.05) is 30.3 Å². The Morgan fingerprint density at radius 2 is 2.08 bits per heavy atom. The van der Waals surface area contributed by atoms with Crippen LogP contribution in [0.15, 0.2) is 42.5 Å². The molecule has 4 heteroatoms. The van der Waals surface area contributed by atoms with Gasteiger partial charge in [0, 0.05) is 31.7 Å². The molecule has 1 atom stereocenters. The van der Waals surface area contributed by atoms with Crippen LogP contribution in [0.1, 0.15) is 33.5 Å². The summed E-state index contributed by atoms with van der Waals surface area (Å²) in [5, 5.41) is 0. The van der Waals surface area contributed by atoms with Crippen LogP contribution < -0.4 is 0 Å². The molecule has 25 heavy (non-hydrogen) atoms. The molecule has 0 bridgehead atoms. The van der Waals surface area contributed by atoms with Gasteiger partial charge in [0.15, 0.2) is 0 Å². The van der Waals surface area contributed by atoms with Gasteiger partial charge in [-0.2, -0.15) is 0 Å². The van der Waals surface area contributed by atoms with Gasteiger partial charge in [0.05, 0.1) is 6.61 Å². The predicted molar refractivity (Wildman–Crippen MR) is 96.3 cm³/mol. The van der Waals surface area contributed by atoms with E-state index in [-0.39, 0.29) is 11.7 Å². The number of likely N-dealkylation sites (tertiary alicyclic amines) is 1. The number of halogens is 1. The first-order chi connectivity index (χ1) is 12.1. The number of rotatable bonds is 5. The highest BCUT2D eigenvalue weighted by atomic mass is 19.1. The van der Waals surface area contributed by atoms with Gasteiger partial charge in [0.25, 0.3) is 5.91 Å². The standard InChI is InChI=1S/C21H24FNO2/c1-15-7-8-16(12-20(15)22)11-18-5-3-4-6-19(18)21(24)23-10-9-17(13-23)14-25-2/h3-8,12,17H,9-11,13-14H2,1-2H3/t17-/m0/s1. The maximum Gasteiger partial charge on any atom is 0.254 e. The third kappa shape index (κ3) is 4.07. The lowest BCUT2D eigenvalue weighted by atomic mass is 9.98. The first-order valence-corrected chi connectivity index (χ1v) is 8.69. The van der Waals surface area contributed by atoms with Crippen LogP contribution in [0.5, 0.6) is 0 Å². The molecule has 1 amide bonds. The van der Waals surface area contributed by atoms with Crippen molar-refractivity contribution in [2.45, 2.75) is 19.8 Å². The van der Waals surface area contributed by atoms with Gasteiger partial charge in [-0.3, -0.25) is 4.79 Å². The highest BCUT2D eigenvalue weighted by molar-refractivity contribution is 5.96. The first kappa shape index (κ1) is 17.6. The fraction of sp³-hybridized carbons (Fsp3) is 0.381. The van der Waals surface area contributed by atoms with E-state index in [9.17, 15) is 9.18 Å². The number of ether oxygens (including phenoxy) is 1. The van der Waals surface area contributed by atoms with Crippen molar-refractivity contribution in [2.24, 2.45) is 5.92 Å². The Labute approximate surface area is 148 Å². The molecule has 3 rings (SSSR count). The summed E-state index contributed by atoms with van der Waals surface area (Å²) in [7, 11) is 1.69. The lowest BCUT2D eigenvalue weighted by molar-refractivity contribution is 0.0774. The zero-order chi connectivity index (χ0) is 17.8. The van der Waals surface area contributed by atoms with Gasteiger partial charge in [-0.05, 0) is 48.6 Å². The maximum absolute atomic E-state index is 13.8. The van der Waals surface area contributed by atoms with Crippen molar-refractivity contribution >= 4 is 5.91 Å². The van der Waals surface area contributed by atoms with Crippen LogP contribution in [-0.4, -0.2) is 37.6 Å². The average Bonchev–Trinajstić information content (AvgIpc) is 3.07. The van der Waals surface area contributed by atoms with Gasteiger partial charge in [-0.15, -0.1) is 0 Å². The maximum atomic E-state index is 13.8. The number of benzene rings is 2. The van der Waals surface area contributed by atoms with Crippen LogP contribution in [0.25, 0.3) is 0 Å². The van der Waals surface area contributed by atoms with Crippen molar-refractivity contribution in [3.05, 3.63) is 70.5 Å². The Hall–Kier alpha value is -2.20. The van der Waals surface area contributed by atoms with Gasteiger partial charge in [-0.25, -0.2) is 4.39 Å². The number of carbonyl (C=O) groups excluding carboxylic acids is 1. The van der Waals surface area contributed by atoms with Gasteiger partial charge < -0.3 is 9.64 Å². The summed E-state index contributed by atoms with van der Waals surface area (Å²) < 4.78 is 19.0. The molecule has 2 aromatic rings. The topological polar surface area (TPSA) is 29.5 Å². The molecular weight excluding hydrogens is 317 g/mol. The van der Waals surface area contributed by atoms with Crippen molar-refractivity contribution in [1.82, 2.24) is 4.90 Å². The largest absolute Gasteiger partial charge is 0.384 e. The van der Waals surface area contributed by atoms with Crippen molar-refractivity contribution in [3.63, 3.8) is 0 Å². The minimum Gasteiger partial charge on any atom is -0.384 e. The number of methoxy groups -OCH3 is 1. The summed E-state index contributed by atoms with van der Waals surface area (Å²) in [5.41, 5.74) is 3.16. The lowest BCUT2D eigenvalue weighted by Gasteiger charge is -2.19. The van der Waals surface area contributed by atoms with Crippen molar-refractivity contribution in [1.29, 1.82) is 0 Å². The zero-order valence-electron chi connectivity index (χ0n) is 14.8. The Morgan fingerprint density at radius 1 is 1.28 bits per heavy atom. The minimum absolute atomic E-state index is 0.0572. The zero-order valence-corrected chi connectivity index (χ0v) is 14.8. The molecule has 0 radical (unpaired) electrons. The molecule has 1 aliphatic rings. The van der Waals surface area contributed by atoms with E-state index in [0.29, 0.717) is 30.1 Å². The van der Waals surface area contributed by atoms with E-state index in [0.717, 1.165) is 30.6 Å². The smallest absolute Gasteiger partial charge is 0.254 e. The Balaban J connectivity index is 1.78. The molecule has 0 unspecified atom stereocenters. The predicted octanol–water partition coefficient (Wildman–Crippen LogP) is 3.83. The number of amides is 1. The SMILES string of the molecule is COC[C@H]1CCN(C(=O)c2ccccc2Cc2ccc(C)c(F)c2)C1. The number of aryl methyl sites for hydroxylation is 1. The molecule has 0 N–H and O–H groups in total. The Bertz CT molecular complexity index is 759. The quantitative estimate of drug-likeness (QED) is 0.827. The second-order valence-corrected chi connectivity index (χ2v) is 6.78. The number of hydrogen-bond acceptors (Lipinski definition) is 2. The van der Waals surface area contributed by atoms with E-state index in [1.54, 1.807) is 26.2 Å². The summed E-state index contributed by atoms with van der Waals surface area (Å²) in [6.07, 6.45) is 1.53. The second-order valence-electron chi connectivity index (χ2n) is 6.78. The van der Waals surface area contributed by atoms with Crippen LogP contribution in [0, 0.1) is 18.7 Å². The van der Waals surface area contributed by atoms with Crippen molar-refractivity contribution in [2.75, 3.05) is 26.8 Å². The molecule has 3 nitrogen and oxygen atoms in total. The summed E-state index contributed by atoms with van der Waals surface area (Å²) in [6, 6.07) is 12.9. The second kappa shape index (κ2) is 7.79. The molecule has 0 aliphatic carbocycles. The van der Waals surface area contributed by atoms with Crippen LogP contribution in [0.2, 0.25) is 0 Å². The fourth-order valence-electron chi connectivity index (χ4n) is 3.41. The van der Waals surface area contributed by atoms with Crippen LogP contribution in [0.3, 0.4) is 0 Å². The van der Waals surface area contributed by atoms with E-state index >= 15 is 0 Å². The van der Waals surface area contributed by atoms with Crippen molar-refractivity contribution < 1.29 is 13.9 Å². The molecule has 0 aromatic heterocycles. The van der Waals surface area contributed by atoms with Crippen molar-refractivity contribution in [3.8, 4) is 0 Å². The summed E-state index contributed by atoms with van der Waals surface area (Å²) in [5.74, 6) is 0.261.